The molecule has 0 fully saturated rings. The number of nitrogens with zero attached hydrogens (tertiary/aromatic N) is 1. The smallest absolute Gasteiger partial charge is 0.141 e. The second kappa shape index (κ2) is 3.28. The Labute approximate surface area is 65.6 Å². The molecule has 2 heteroatoms. The third kappa shape index (κ3) is 1.64. The lowest BCUT2D eigenvalue weighted by atomic mass is 10.1. The van der Waals surface area contributed by atoms with E-state index >= 15 is 0 Å². The molecule has 0 saturated carbocycles. The lowest BCUT2D eigenvalue weighted by Gasteiger charge is -1.99. The Kier molecular flexibility index (Phi) is 2.36. The summed E-state index contributed by atoms with van der Waals surface area (Å²) in [5.74, 6) is -0.316. The van der Waals surface area contributed by atoms with Gasteiger partial charge in [0.1, 0.15) is 5.82 Å². The largest absolute Gasteiger partial charge is 0.254 e. The van der Waals surface area contributed by atoms with Crippen LogP contribution >= 0.6 is 0 Å². The monoisotopic (exact) mass is 150 g/mol. The topological polar surface area (TPSA) is 12.9 Å². The Morgan fingerprint density at radius 1 is 1.64 bits per heavy atom. The van der Waals surface area contributed by atoms with Crippen LogP contribution in [0.1, 0.15) is 18.2 Å². The molecular weight excluding hydrogens is 141 g/mol. The summed E-state index contributed by atoms with van der Waals surface area (Å²) >= 11 is 0. The van der Waals surface area contributed by atoms with Gasteiger partial charge in [-0.3, -0.25) is 4.98 Å². The van der Waals surface area contributed by atoms with Crippen LogP contribution in [0.4, 0.5) is 4.39 Å². The summed E-state index contributed by atoms with van der Waals surface area (Å²) < 4.78 is 12.6. The highest BCUT2D eigenvalue weighted by Gasteiger charge is 1.99. The third-order valence-corrected chi connectivity index (χ3v) is 1.42. The lowest BCUT2D eigenvalue weighted by molar-refractivity contribution is 0.620. The molecule has 1 radical (unpaired) electrons. The summed E-state index contributed by atoms with van der Waals surface area (Å²) in [6.07, 6.45) is 4.59. The van der Waals surface area contributed by atoms with Gasteiger partial charge in [-0.15, -0.1) is 0 Å². The minimum absolute atomic E-state index is 0.316. The molecular formula is C9H9FN. The van der Waals surface area contributed by atoms with Gasteiger partial charge in [0.25, 0.3) is 0 Å². The van der Waals surface area contributed by atoms with Gasteiger partial charge in [-0.1, -0.05) is 13.5 Å². The number of rotatable bonds is 2. The van der Waals surface area contributed by atoms with Crippen molar-refractivity contribution in [2.75, 3.05) is 0 Å². The highest BCUT2D eigenvalue weighted by Crippen LogP contribution is 2.10. The van der Waals surface area contributed by atoms with Crippen LogP contribution in [0.15, 0.2) is 18.8 Å². The molecule has 0 spiro atoms. The maximum atomic E-state index is 12.6. The van der Waals surface area contributed by atoms with Crippen molar-refractivity contribution >= 4 is 6.08 Å². The van der Waals surface area contributed by atoms with E-state index in [1.165, 1.54) is 12.3 Å². The summed E-state index contributed by atoms with van der Waals surface area (Å²) in [6.45, 7) is 5.40. The quantitative estimate of drug-likeness (QED) is 0.631. The van der Waals surface area contributed by atoms with Crippen molar-refractivity contribution in [1.82, 2.24) is 4.98 Å². The molecule has 0 aliphatic heterocycles. The van der Waals surface area contributed by atoms with Crippen molar-refractivity contribution in [3.8, 4) is 0 Å². The second-order valence-corrected chi connectivity index (χ2v) is 2.12. The maximum Gasteiger partial charge on any atom is 0.141 e. The first-order chi connectivity index (χ1) is 5.27. The Hall–Kier alpha value is -1.18. The first-order valence-electron chi connectivity index (χ1n) is 3.35. The molecule has 0 saturated heterocycles. The summed E-state index contributed by atoms with van der Waals surface area (Å²) in [5.41, 5.74) is 1.49. The number of hydrogen-bond acceptors (Lipinski definition) is 1. The van der Waals surface area contributed by atoms with Gasteiger partial charge in [0.05, 0.1) is 11.9 Å². The molecule has 0 aromatic carbocycles. The summed E-state index contributed by atoms with van der Waals surface area (Å²) in [6, 6.07) is 1.43. The average molecular weight is 150 g/mol. The van der Waals surface area contributed by atoms with Crippen LogP contribution in [0.25, 0.3) is 6.08 Å². The normalized spacial score (nSPS) is 9.64. The Morgan fingerprint density at radius 3 is 2.91 bits per heavy atom. The van der Waals surface area contributed by atoms with E-state index in [0.29, 0.717) is 5.69 Å². The van der Waals surface area contributed by atoms with Gasteiger partial charge in [-0.05, 0) is 24.1 Å². The molecule has 0 unspecified atom stereocenters. The van der Waals surface area contributed by atoms with E-state index in [4.69, 9.17) is 0 Å². The highest BCUT2D eigenvalue weighted by atomic mass is 19.1. The molecule has 11 heavy (non-hydrogen) atoms. The molecule has 1 heterocycles. The molecule has 1 nitrogen and oxygen atoms in total. The molecule has 1 aromatic rings. The number of pyridine rings is 1. The van der Waals surface area contributed by atoms with E-state index in [1.807, 2.05) is 6.92 Å². The van der Waals surface area contributed by atoms with Gasteiger partial charge in [0, 0.05) is 0 Å². The van der Waals surface area contributed by atoms with Crippen LogP contribution in [-0.2, 0) is 0 Å². The van der Waals surface area contributed by atoms with Crippen molar-refractivity contribution in [3.63, 3.8) is 0 Å². The zero-order valence-corrected chi connectivity index (χ0v) is 6.34. The second-order valence-electron chi connectivity index (χ2n) is 2.12. The molecule has 0 bridgehead atoms. The summed E-state index contributed by atoms with van der Waals surface area (Å²) in [7, 11) is 0. The molecule has 0 atom stereocenters. The maximum absolute atomic E-state index is 12.6. The molecule has 57 valence electrons. The fourth-order valence-electron chi connectivity index (χ4n) is 0.867. The number of aromatic nitrogens is 1. The van der Waals surface area contributed by atoms with Gasteiger partial charge in [0.15, 0.2) is 0 Å². The van der Waals surface area contributed by atoms with E-state index in [9.17, 15) is 4.39 Å². The molecule has 1 aromatic heterocycles. The van der Waals surface area contributed by atoms with Crippen molar-refractivity contribution in [3.05, 3.63) is 42.3 Å². The van der Waals surface area contributed by atoms with Crippen LogP contribution in [0.3, 0.4) is 0 Å². The molecule has 0 aliphatic rings. The van der Waals surface area contributed by atoms with E-state index in [0.717, 1.165) is 5.56 Å². The molecule has 0 amide bonds. The molecule has 0 aliphatic carbocycles. The lowest BCUT2D eigenvalue weighted by Crippen LogP contribution is -1.90. The first-order valence-corrected chi connectivity index (χ1v) is 3.35. The van der Waals surface area contributed by atoms with Gasteiger partial charge in [0.2, 0.25) is 0 Å². The average Bonchev–Trinajstić information content (AvgIpc) is 2.04. The van der Waals surface area contributed by atoms with E-state index in [2.05, 4.69) is 11.6 Å². The fourth-order valence-corrected chi connectivity index (χ4v) is 0.867. The van der Waals surface area contributed by atoms with Crippen molar-refractivity contribution in [1.29, 1.82) is 0 Å². The minimum Gasteiger partial charge on any atom is -0.254 e. The Bertz CT molecular complexity index is 268. The zero-order valence-electron chi connectivity index (χ0n) is 6.34. The summed E-state index contributed by atoms with van der Waals surface area (Å²) in [5, 5.41) is 0. The first kappa shape index (κ1) is 7.92. The van der Waals surface area contributed by atoms with Gasteiger partial charge >= 0.3 is 0 Å². The number of hydrogen-bond donors (Lipinski definition) is 0. The Morgan fingerprint density at radius 2 is 2.36 bits per heavy atom. The van der Waals surface area contributed by atoms with Crippen LogP contribution in [0, 0.1) is 12.2 Å². The molecule has 1 rings (SSSR count). The molecule has 0 N–H and O–H groups in total. The van der Waals surface area contributed by atoms with Crippen molar-refractivity contribution in [2.45, 2.75) is 6.92 Å². The van der Waals surface area contributed by atoms with Gasteiger partial charge < -0.3 is 0 Å². The number of halogens is 1. The third-order valence-electron chi connectivity index (χ3n) is 1.42. The Balaban J connectivity index is 3.16. The van der Waals surface area contributed by atoms with Crippen LogP contribution in [-0.4, -0.2) is 4.98 Å². The van der Waals surface area contributed by atoms with E-state index in [-0.39, 0.29) is 5.82 Å². The fraction of sp³-hybridized carbons (Fsp3) is 0.111. The van der Waals surface area contributed by atoms with Crippen LogP contribution < -0.4 is 0 Å². The van der Waals surface area contributed by atoms with Gasteiger partial charge in [-0.25, -0.2) is 4.39 Å². The van der Waals surface area contributed by atoms with Crippen molar-refractivity contribution < 1.29 is 4.39 Å². The predicted octanol–water partition coefficient (Wildman–Crippen LogP) is 2.44. The highest BCUT2D eigenvalue weighted by molar-refractivity contribution is 5.49. The van der Waals surface area contributed by atoms with Crippen LogP contribution in [0.5, 0.6) is 0 Å². The predicted molar refractivity (Wildman–Crippen MR) is 43.4 cm³/mol. The summed E-state index contributed by atoms with van der Waals surface area (Å²) in [4.78, 5) is 3.84. The standard InChI is InChI=1S/C9H9FN/c1-3-7-5-8(10)6-11-9(7)4-2/h3-6H,2H2,1H3. The minimum atomic E-state index is -0.316. The van der Waals surface area contributed by atoms with E-state index in [1.54, 1.807) is 12.5 Å². The van der Waals surface area contributed by atoms with Gasteiger partial charge in [-0.2, -0.15) is 0 Å². The van der Waals surface area contributed by atoms with Crippen molar-refractivity contribution in [2.24, 2.45) is 0 Å². The SMILES string of the molecule is C=Cc1ncc(F)cc1[CH]C. The zero-order chi connectivity index (χ0) is 8.27. The van der Waals surface area contributed by atoms with E-state index < -0.39 is 0 Å². The van der Waals surface area contributed by atoms with Crippen LogP contribution in [0.2, 0.25) is 0 Å².